The van der Waals surface area contributed by atoms with E-state index in [0.29, 0.717) is 11.9 Å². The number of carboxylic acid groups (broad SMARTS) is 1. The molecule has 2 aromatic heterocycles. The van der Waals surface area contributed by atoms with Crippen LogP contribution in [0, 0.1) is 0 Å². The van der Waals surface area contributed by atoms with Gasteiger partial charge in [-0.1, -0.05) is 18.2 Å². The molecule has 0 aliphatic carbocycles. The van der Waals surface area contributed by atoms with Gasteiger partial charge in [0, 0.05) is 24.7 Å². The largest absolute Gasteiger partial charge is 0.573 e. The van der Waals surface area contributed by atoms with Crippen LogP contribution < -0.4 is 21.2 Å². The molecule has 0 radical (unpaired) electrons. The molecular formula is C25H22F3N5O5. The van der Waals surface area contributed by atoms with Gasteiger partial charge in [-0.25, -0.2) is 0 Å². The first kappa shape index (κ1) is 26.4. The zero-order valence-electron chi connectivity index (χ0n) is 20.0. The Hall–Kier alpha value is -4.65. The summed E-state index contributed by atoms with van der Waals surface area (Å²) in [5, 5.41) is 16.9. The number of fused-ring (bicyclic) bond motifs is 1. The summed E-state index contributed by atoms with van der Waals surface area (Å²) in [7, 11) is 1.63. The van der Waals surface area contributed by atoms with E-state index in [1.54, 1.807) is 48.5 Å². The highest BCUT2D eigenvalue weighted by Gasteiger charge is 2.31. The van der Waals surface area contributed by atoms with Crippen LogP contribution >= 0.6 is 0 Å². The van der Waals surface area contributed by atoms with Gasteiger partial charge in [-0.3, -0.25) is 19.3 Å². The number of ether oxygens (including phenoxy) is 1. The van der Waals surface area contributed by atoms with E-state index in [9.17, 15) is 27.6 Å². The highest BCUT2D eigenvalue weighted by atomic mass is 19.4. The van der Waals surface area contributed by atoms with Crippen molar-refractivity contribution in [1.29, 1.82) is 0 Å². The average molecular weight is 529 g/mol. The van der Waals surface area contributed by atoms with E-state index in [4.69, 9.17) is 5.11 Å². The number of aliphatic carboxylic acids is 1. The average Bonchev–Trinajstić information content (AvgIpc) is 2.85. The number of hydrogen-bond donors (Lipinski definition) is 2. The normalized spacial score (nSPS) is 11.6. The van der Waals surface area contributed by atoms with Gasteiger partial charge in [-0.15, -0.1) is 18.3 Å². The Labute approximate surface area is 213 Å². The van der Waals surface area contributed by atoms with E-state index in [-0.39, 0.29) is 35.7 Å². The van der Waals surface area contributed by atoms with Crippen LogP contribution in [0.1, 0.15) is 0 Å². The van der Waals surface area contributed by atoms with Gasteiger partial charge in [0.2, 0.25) is 0 Å². The molecule has 0 aliphatic rings. The number of benzene rings is 2. The molecule has 10 nitrogen and oxygen atoms in total. The smallest absolute Gasteiger partial charge is 0.480 e. The molecule has 0 fully saturated rings. The van der Waals surface area contributed by atoms with E-state index in [1.807, 2.05) is 0 Å². The summed E-state index contributed by atoms with van der Waals surface area (Å²) in [5.74, 6) is -1.26. The lowest BCUT2D eigenvalue weighted by atomic mass is 10.2. The van der Waals surface area contributed by atoms with Gasteiger partial charge >= 0.3 is 12.3 Å². The van der Waals surface area contributed by atoms with Crippen LogP contribution in [0.5, 0.6) is 5.75 Å². The Bertz CT molecular complexity index is 1580. The lowest BCUT2D eigenvalue weighted by Gasteiger charge is -2.16. The molecule has 13 heteroatoms. The minimum Gasteiger partial charge on any atom is -0.480 e. The summed E-state index contributed by atoms with van der Waals surface area (Å²) >= 11 is 0. The first-order valence-corrected chi connectivity index (χ1v) is 11.3. The predicted octanol–water partition coefficient (Wildman–Crippen LogP) is 3.21. The Morgan fingerprint density at radius 3 is 2.37 bits per heavy atom. The Morgan fingerprint density at radius 1 is 1.03 bits per heavy atom. The van der Waals surface area contributed by atoms with Crippen molar-refractivity contribution < 1.29 is 27.8 Å². The lowest BCUT2D eigenvalue weighted by molar-refractivity contribution is -0.274. The summed E-state index contributed by atoms with van der Waals surface area (Å²) in [6.45, 7) is 0.376. The van der Waals surface area contributed by atoms with Gasteiger partial charge in [0.25, 0.3) is 11.1 Å². The van der Waals surface area contributed by atoms with E-state index < -0.39 is 29.2 Å². The fourth-order valence-electron chi connectivity index (χ4n) is 3.77. The number of hydrogen-bond acceptors (Lipinski definition) is 7. The van der Waals surface area contributed by atoms with Crippen LogP contribution in [0.25, 0.3) is 16.5 Å². The molecule has 0 saturated carbocycles. The van der Waals surface area contributed by atoms with Gasteiger partial charge in [0.15, 0.2) is 5.82 Å². The maximum absolute atomic E-state index is 13.1. The number of nitrogens with one attached hydrogen (secondary N) is 1. The predicted molar refractivity (Wildman–Crippen MR) is 133 cm³/mol. The molecule has 38 heavy (non-hydrogen) atoms. The van der Waals surface area contributed by atoms with E-state index in [1.165, 1.54) is 22.8 Å². The monoisotopic (exact) mass is 529 g/mol. The molecule has 0 bridgehead atoms. The van der Waals surface area contributed by atoms with Crippen LogP contribution in [0.4, 0.5) is 24.7 Å². The van der Waals surface area contributed by atoms with Crippen molar-refractivity contribution in [2.75, 3.05) is 25.5 Å². The third-order valence-corrected chi connectivity index (χ3v) is 5.52. The molecule has 0 amide bonds. The van der Waals surface area contributed by atoms with Crippen LogP contribution in [-0.4, -0.2) is 56.8 Å². The fourth-order valence-corrected chi connectivity index (χ4v) is 3.77. The lowest BCUT2D eigenvalue weighted by Crippen LogP contribution is -2.32. The minimum absolute atomic E-state index is 0.158. The Morgan fingerprint density at radius 2 is 1.71 bits per heavy atom. The number of anilines is 2. The number of likely N-dealkylation sites (N-methyl/N-ethyl adjacent to an activating group) is 1. The van der Waals surface area contributed by atoms with Crippen molar-refractivity contribution in [3.05, 3.63) is 87.6 Å². The number of halogens is 3. The van der Waals surface area contributed by atoms with Gasteiger partial charge < -0.3 is 19.7 Å². The van der Waals surface area contributed by atoms with Crippen LogP contribution in [-0.2, 0) is 11.3 Å². The molecule has 4 rings (SSSR count). The molecular weight excluding hydrogens is 507 g/mol. The number of pyridine rings is 1. The maximum atomic E-state index is 13.1. The Kier molecular flexibility index (Phi) is 7.48. The topological polar surface area (TPSA) is 119 Å². The highest BCUT2D eigenvalue weighted by Crippen LogP contribution is 2.25. The van der Waals surface area contributed by atoms with Crippen molar-refractivity contribution in [3.63, 3.8) is 0 Å². The second-order valence-electron chi connectivity index (χ2n) is 8.33. The third kappa shape index (κ3) is 6.18. The van der Waals surface area contributed by atoms with Crippen molar-refractivity contribution in [3.8, 4) is 11.4 Å². The number of rotatable bonds is 9. The molecule has 2 N–H and O–H groups in total. The third-order valence-electron chi connectivity index (χ3n) is 5.52. The van der Waals surface area contributed by atoms with Gasteiger partial charge in [-0.05, 0) is 49.5 Å². The summed E-state index contributed by atoms with van der Waals surface area (Å²) in [4.78, 5) is 38.7. The van der Waals surface area contributed by atoms with Crippen molar-refractivity contribution in [1.82, 2.24) is 19.2 Å². The summed E-state index contributed by atoms with van der Waals surface area (Å²) in [6, 6.07) is 14.4. The molecule has 2 aromatic carbocycles. The van der Waals surface area contributed by atoms with Gasteiger partial charge in [-0.2, -0.15) is 4.68 Å². The second-order valence-corrected chi connectivity index (χ2v) is 8.33. The molecule has 4 aromatic rings. The molecule has 0 spiro atoms. The highest BCUT2D eigenvalue weighted by molar-refractivity contribution is 5.92. The standard InChI is InChI=1S/C25H22F3N5O5/c1-31(15-21(34)35)13-14-32-12-4-7-20(24(32)37)29-22-18-5-2-3-6-19(18)23(36)33(30-22)16-8-10-17(11-9-16)38-25(26,27)28/h2-12H,13-15H2,1H3,(H,29,30)(H,34,35). The maximum Gasteiger partial charge on any atom is 0.573 e. The van der Waals surface area contributed by atoms with Crippen molar-refractivity contribution >= 4 is 28.2 Å². The number of nitrogens with zero attached hydrogens (tertiary/aromatic N) is 4. The molecule has 0 unspecified atom stereocenters. The zero-order valence-corrected chi connectivity index (χ0v) is 20.0. The summed E-state index contributed by atoms with van der Waals surface area (Å²) in [5.41, 5.74) is -0.563. The molecule has 0 saturated heterocycles. The number of alkyl halides is 3. The second kappa shape index (κ2) is 10.8. The molecule has 198 valence electrons. The van der Waals surface area contributed by atoms with E-state index >= 15 is 0 Å². The van der Waals surface area contributed by atoms with Crippen molar-refractivity contribution in [2.24, 2.45) is 0 Å². The fraction of sp³-hybridized carbons (Fsp3) is 0.200. The van der Waals surface area contributed by atoms with Gasteiger partial charge in [0.05, 0.1) is 17.6 Å². The Balaban J connectivity index is 1.69. The SMILES string of the molecule is CN(CCn1cccc(Nc2nn(-c3ccc(OC(F)(F)F)cc3)c(=O)c3ccccc23)c1=O)CC(=O)O. The van der Waals surface area contributed by atoms with Gasteiger partial charge in [0.1, 0.15) is 11.4 Å². The quantitative estimate of drug-likeness (QED) is 0.339. The number of aromatic nitrogens is 3. The first-order chi connectivity index (χ1) is 18.0. The summed E-state index contributed by atoms with van der Waals surface area (Å²) < 4.78 is 43.9. The van der Waals surface area contributed by atoms with Crippen LogP contribution in [0.3, 0.4) is 0 Å². The number of carboxylic acids is 1. The number of carbonyl (C=O) groups is 1. The molecule has 2 heterocycles. The zero-order chi connectivity index (χ0) is 27.4. The first-order valence-electron chi connectivity index (χ1n) is 11.3. The molecule has 0 atom stereocenters. The van der Waals surface area contributed by atoms with Crippen molar-refractivity contribution in [2.45, 2.75) is 12.9 Å². The van der Waals surface area contributed by atoms with E-state index in [2.05, 4.69) is 15.2 Å². The minimum atomic E-state index is -4.86. The van der Waals surface area contributed by atoms with Crippen LogP contribution in [0.15, 0.2) is 76.4 Å². The van der Waals surface area contributed by atoms with E-state index in [0.717, 1.165) is 16.8 Å². The molecule has 0 aliphatic heterocycles. The van der Waals surface area contributed by atoms with Crippen LogP contribution in [0.2, 0.25) is 0 Å². The summed E-state index contributed by atoms with van der Waals surface area (Å²) in [6.07, 6.45) is -3.29.